The normalized spacial score (nSPS) is 10.7. The fourth-order valence-electron chi connectivity index (χ4n) is 3.48. The number of hydrogen-bond acceptors (Lipinski definition) is 5. The van der Waals surface area contributed by atoms with Crippen LogP contribution < -0.4 is 10.1 Å². The molecule has 3 aromatic rings. The standard InChI is InChI=1S/C25H30N4O2S/c1-5-16-29-24(20-12-14-21(15-13-20)31-8-4)27-28-25(29)32-17-22(30)26-23-18(6-2)10-9-11-19(23)7-3/h5,9-15H,1,6-8,16-17H2,2-4H3,(H,26,30). The van der Waals surface area contributed by atoms with Gasteiger partial charge in [0.2, 0.25) is 5.91 Å². The van der Waals surface area contributed by atoms with E-state index in [9.17, 15) is 4.79 Å². The van der Waals surface area contributed by atoms with Gasteiger partial charge in [-0.05, 0) is 55.2 Å². The molecule has 0 aliphatic heterocycles. The number of anilines is 1. The first-order chi connectivity index (χ1) is 15.6. The quantitative estimate of drug-likeness (QED) is 0.313. The van der Waals surface area contributed by atoms with Crippen LogP contribution in [-0.4, -0.2) is 33.0 Å². The summed E-state index contributed by atoms with van der Waals surface area (Å²) in [7, 11) is 0. The third-order valence-electron chi connectivity index (χ3n) is 5.05. The number of carbonyl (C=O) groups is 1. The molecular weight excluding hydrogens is 420 g/mol. The number of nitrogens with one attached hydrogen (secondary N) is 1. The molecule has 2 aromatic carbocycles. The van der Waals surface area contributed by atoms with Crippen LogP contribution in [0, 0.1) is 0 Å². The second-order valence-corrected chi connectivity index (χ2v) is 8.10. The van der Waals surface area contributed by atoms with E-state index >= 15 is 0 Å². The van der Waals surface area contributed by atoms with Gasteiger partial charge in [0.05, 0.1) is 12.4 Å². The molecule has 0 radical (unpaired) electrons. The minimum absolute atomic E-state index is 0.0543. The van der Waals surface area contributed by atoms with Gasteiger partial charge in [0, 0.05) is 17.8 Å². The molecule has 0 saturated heterocycles. The summed E-state index contributed by atoms with van der Waals surface area (Å²) in [5.41, 5.74) is 4.17. The summed E-state index contributed by atoms with van der Waals surface area (Å²) < 4.78 is 7.49. The molecule has 0 aliphatic carbocycles. The highest BCUT2D eigenvalue weighted by Crippen LogP contribution is 2.27. The van der Waals surface area contributed by atoms with Crippen molar-refractivity contribution in [2.24, 2.45) is 0 Å². The zero-order valence-corrected chi connectivity index (χ0v) is 19.7. The van der Waals surface area contributed by atoms with E-state index in [-0.39, 0.29) is 11.7 Å². The largest absolute Gasteiger partial charge is 0.494 e. The van der Waals surface area contributed by atoms with Crippen molar-refractivity contribution >= 4 is 23.4 Å². The Morgan fingerprint density at radius 3 is 2.38 bits per heavy atom. The number of hydrogen-bond donors (Lipinski definition) is 1. The van der Waals surface area contributed by atoms with Gasteiger partial charge in [-0.3, -0.25) is 9.36 Å². The molecule has 168 valence electrons. The van der Waals surface area contributed by atoms with Crippen LogP contribution in [0.15, 0.2) is 60.3 Å². The summed E-state index contributed by atoms with van der Waals surface area (Å²) in [5, 5.41) is 12.5. The monoisotopic (exact) mass is 450 g/mol. The number of aryl methyl sites for hydroxylation is 2. The summed E-state index contributed by atoms with van der Waals surface area (Å²) in [6.07, 6.45) is 3.54. The van der Waals surface area contributed by atoms with E-state index in [1.165, 1.54) is 11.8 Å². The molecule has 0 spiro atoms. The van der Waals surface area contributed by atoms with Gasteiger partial charge in [-0.1, -0.05) is 49.9 Å². The van der Waals surface area contributed by atoms with Gasteiger partial charge in [-0.2, -0.15) is 0 Å². The molecule has 3 rings (SSSR count). The molecule has 0 fully saturated rings. The van der Waals surface area contributed by atoms with Crippen molar-refractivity contribution in [3.8, 4) is 17.1 Å². The van der Waals surface area contributed by atoms with Crippen molar-refractivity contribution in [2.75, 3.05) is 17.7 Å². The second kappa shape index (κ2) is 11.5. The highest BCUT2D eigenvalue weighted by Gasteiger charge is 2.16. The molecule has 1 aromatic heterocycles. The molecular formula is C25H30N4O2S. The van der Waals surface area contributed by atoms with Crippen molar-refractivity contribution in [1.29, 1.82) is 0 Å². The molecule has 0 bridgehead atoms. The van der Waals surface area contributed by atoms with Gasteiger partial charge in [-0.25, -0.2) is 0 Å². The van der Waals surface area contributed by atoms with E-state index in [1.54, 1.807) is 6.08 Å². The highest BCUT2D eigenvalue weighted by atomic mass is 32.2. The Hall–Kier alpha value is -3.06. The minimum Gasteiger partial charge on any atom is -0.494 e. The van der Waals surface area contributed by atoms with E-state index in [0.717, 1.165) is 46.8 Å². The Kier molecular flexibility index (Phi) is 8.50. The number of benzene rings is 2. The fourth-order valence-corrected chi connectivity index (χ4v) is 4.23. The molecule has 1 N–H and O–H groups in total. The maximum Gasteiger partial charge on any atom is 0.234 e. The van der Waals surface area contributed by atoms with Crippen LogP contribution in [0.5, 0.6) is 5.75 Å². The Labute approximate surface area is 194 Å². The number of thioether (sulfide) groups is 1. The van der Waals surface area contributed by atoms with E-state index in [4.69, 9.17) is 4.74 Å². The number of amides is 1. The zero-order chi connectivity index (χ0) is 22.9. The predicted molar refractivity (Wildman–Crippen MR) is 131 cm³/mol. The van der Waals surface area contributed by atoms with Crippen molar-refractivity contribution in [2.45, 2.75) is 45.3 Å². The molecule has 1 heterocycles. The number of nitrogens with zero attached hydrogens (tertiary/aromatic N) is 3. The van der Waals surface area contributed by atoms with Crippen molar-refractivity contribution in [3.05, 3.63) is 66.2 Å². The summed E-state index contributed by atoms with van der Waals surface area (Å²) in [6, 6.07) is 13.9. The van der Waals surface area contributed by atoms with Gasteiger partial charge < -0.3 is 10.1 Å². The molecule has 0 atom stereocenters. The van der Waals surface area contributed by atoms with Gasteiger partial charge in [0.25, 0.3) is 0 Å². The number of aromatic nitrogens is 3. The lowest BCUT2D eigenvalue weighted by atomic mass is 10.0. The maximum atomic E-state index is 12.7. The molecule has 32 heavy (non-hydrogen) atoms. The average Bonchev–Trinajstić information content (AvgIpc) is 3.21. The maximum absolute atomic E-state index is 12.7. The second-order valence-electron chi connectivity index (χ2n) is 7.16. The predicted octanol–water partition coefficient (Wildman–Crippen LogP) is 5.39. The number of para-hydroxylation sites is 1. The Bertz CT molecular complexity index is 1040. The van der Waals surface area contributed by atoms with Crippen molar-refractivity contribution < 1.29 is 9.53 Å². The molecule has 6 nitrogen and oxygen atoms in total. The van der Waals surface area contributed by atoms with Gasteiger partial charge in [-0.15, -0.1) is 16.8 Å². The molecule has 0 aliphatic rings. The van der Waals surface area contributed by atoms with Crippen LogP contribution in [0.4, 0.5) is 5.69 Å². The first kappa shape index (κ1) is 23.6. The lowest BCUT2D eigenvalue weighted by Gasteiger charge is -2.14. The Balaban J connectivity index is 1.74. The number of allylic oxidation sites excluding steroid dienone is 1. The minimum atomic E-state index is -0.0543. The lowest BCUT2D eigenvalue weighted by molar-refractivity contribution is -0.113. The van der Waals surface area contributed by atoms with Crippen LogP contribution in [0.1, 0.15) is 31.9 Å². The summed E-state index contributed by atoms with van der Waals surface area (Å²) in [5.74, 6) is 1.75. The summed E-state index contributed by atoms with van der Waals surface area (Å²) >= 11 is 1.37. The Morgan fingerprint density at radius 2 is 1.78 bits per heavy atom. The van der Waals surface area contributed by atoms with E-state index in [1.807, 2.05) is 41.8 Å². The van der Waals surface area contributed by atoms with Crippen molar-refractivity contribution in [3.63, 3.8) is 0 Å². The van der Waals surface area contributed by atoms with Crippen LogP contribution in [-0.2, 0) is 24.2 Å². The molecule has 0 unspecified atom stereocenters. The number of rotatable bonds is 11. The summed E-state index contributed by atoms with van der Waals surface area (Å²) in [6.45, 7) is 11.2. The van der Waals surface area contributed by atoms with E-state index in [2.05, 4.69) is 48.1 Å². The third kappa shape index (κ3) is 5.59. The smallest absolute Gasteiger partial charge is 0.234 e. The van der Waals surface area contributed by atoms with E-state index < -0.39 is 0 Å². The summed E-state index contributed by atoms with van der Waals surface area (Å²) in [4.78, 5) is 12.7. The van der Waals surface area contributed by atoms with Crippen LogP contribution in [0.3, 0.4) is 0 Å². The average molecular weight is 451 g/mol. The van der Waals surface area contributed by atoms with Crippen LogP contribution >= 0.6 is 11.8 Å². The molecule has 7 heteroatoms. The first-order valence-corrected chi connectivity index (χ1v) is 11.9. The lowest BCUT2D eigenvalue weighted by Crippen LogP contribution is -2.17. The van der Waals surface area contributed by atoms with Gasteiger partial charge >= 0.3 is 0 Å². The number of carbonyl (C=O) groups excluding carboxylic acids is 1. The highest BCUT2D eigenvalue weighted by molar-refractivity contribution is 7.99. The van der Waals surface area contributed by atoms with E-state index in [0.29, 0.717) is 18.3 Å². The van der Waals surface area contributed by atoms with Crippen LogP contribution in [0.2, 0.25) is 0 Å². The SMILES string of the molecule is C=CCn1c(SCC(=O)Nc2c(CC)cccc2CC)nnc1-c1ccc(OCC)cc1. The van der Waals surface area contributed by atoms with Crippen LogP contribution in [0.25, 0.3) is 11.4 Å². The van der Waals surface area contributed by atoms with Gasteiger partial charge in [0.15, 0.2) is 11.0 Å². The third-order valence-corrected chi connectivity index (χ3v) is 6.01. The molecule has 1 amide bonds. The Morgan fingerprint density at radius 1 is 1.09 bits per heavy atom. The topological polar surface area (TPSA) is 69.0 Å². The fraction of sp³-hybridized carbons (Fsp3) is 0.320. The van der Waals surface area contributed by atoms with Gasteiger partial charge in [0.1, 0.15) is 5.75 Å². The zero-order valence-electron chi connectivity index (χ0n) is 18.9. The number of ether oxygens (including phenoxy) is 1. The first-order valence-electron chi connectivity index (χ1n) is 10.9. The molecule has 0 saturated carbocycles. The van der Waals surface area contributed by atoms with Crippen molar-refractivity contribution in [1.82, 2.24) is 14.8 Å².